The molecule has 3 nitrogen and oxygen atoms in total. The molecule has 0 spiro atoms. The van der Waals surface area contributed by atoms with E-state index in [0.29, 0.717) is 28.3 Å². The Balaban J connectivity index is 1.71. The van der Waals surface area contributed by atoms with E-state index in [0.717, 1.165) is 18.4 Å². The third-order valence-corrected chi connectivity index (χ3v) is 5.12. The molecule has 0 aliphatic heterocycles. The molecular formula is C19H20Cl2FN2O+. The molecule has 1 saturated carbocycles. The summed E-state index contributed by atoms with van der Waals surface area (Å²) in [6, 6.07) is 11.6. The summed E-state index contributed by atoms with van der Waals surface area (Å²) >= 11 is 12.1. The van der Waals surface area contributed by atoms with Gasteiger partial charge in [0.15, 0.2) is 6.04 Å². The fraction of sp³-hybridized carbons (Fsp3) is 0.316. The average Bonchev–Trinajstić information content (AvgIpc) is 3.42. The molecule has 132 valence electrons. The second-order valence-corrected chi connectivity index (χ2v) is 7.33. The van der Waals surface area contributed by atoms with Gasteiger partial charge in [-0.05, 0) is 37.3 Å². The number of amides is 1. The molecule has 0 heterocycles. The van der Waals surface area contributed by atoms with Crippen LogP contribution >= 0.6 is 23.2 Å². The highest BCUT2D eigenvalue weighted by Crippen LogP contribution is 2.25. The molecule has 0 aromatic heterocycles. The molecule has 3 rings (SSSR count). The van der Waals surface area contributed by atoms with Crippen molar-refractivity contribution in [2.75, 3.05) is 5.32 Å². The van der Waals surface area contributed by atoms with E-state index in [2.05, 4.69) is 5.32 Å². The first kappa shape index (κ1) is 18.2. The summed E-state index contributed by atoms with van der Waals surface area (Å²) in [6.07, 6.45) is 2.21. The van der Waals surface area contributed by atoms with Crippen molar-refractivity contribution in [1.82, 2.24) is 0 Å². The fourth-order valence-corrected chi connectivity index (χ4v) is 3.28. The van der Waals surface area contributed by atoms with E-state index >= 15 is 0 Å². The molecule has 25 heavy (non-hydrogen) atoms. The molecule has 2 N–H and O–H groups in total. The predicted molar refractivity (Wildman–Crippen MR) is 98.6 cm³/mol. The van der Waals surface area contributed by atoms with Crippen LogP contribution in [0.15, 0.2) is 42.5 Å². The number of quaternary nitrogens is 1. The Labute approximate surface area is 156 Å². The Kier molecular flexibility index (Phi) is 5.62. The molecular weight excluding hydrogens is 362 g/mol. The summed E-state index contributed by atoms with van der Waals surface area (Å²) in [6.45, 7) is 2.59. The van der Waals surface area contributed by atoms with Gasteiger partial charge in [-0.3, -0.25) is 4.79 Å². The van der Waals surface area contributed by atoms with Crippen LogP contribution in [-0.2, 0) is 11.3 Å². The molecule has 2 atom stereocenters. The van der Waals surface area contributed by atoms with Gasteiger partial charge in [-0.15, -0.1) is 0 Å². The Morgan fingerprint density at radius 1 is 1.24 bits per heavy atom. The summed E-state index contributed by atoms with van der Waals surface area (Å²) in [5.74, 6) is -0.355. The standard InChI is InChI=1S/C19H19Cl2FN2O/c1-12(19(25)23-18-10-14(20)4-9-17(18)21)24(16-7-8-16)11-13-2-5-15(22)6-3-13/h2-6,9-10,12,16H,7-8,11H2,1H3,(H,23,25)/p+1/t12-/m0/s1. The maximum atomic E-state index is 13.1. The van der Waals surface area contributed by atoms with Gasteiger partial charge in [0, 0.05) is 23.4 Å². The lowest BCUT2D eigenvalue weighted by molar-refractivity contribution is -0.938. The zero-order valence-corrected chi connectivity index (χ0v) is 15.4. The Hall–Kier alpha value is -1.62. The minimum Gasteiger partial charge on any atom is -0.320 e. The van der Waals surface area contributed by atoms with Crippen molar-refractivity contribution in [3.8, 4) is 0 Å². The number of hydrogen-bond donors (Lipinski definition) is 2. The molecule has 1 unspecified atom stereocenters. The van der Waals surface area contributed by atoms with Crippen molar-refractivity contribution in [2.45, 2.75) is 38.4 Å². The zero-order chi connectivity index (χ0) is 18.0. The van der Waals surface area contributed by atoms with E-state index in [1.165, 1.54) is 17.0 Å². The van der Waals surface area contributed by atoms with Gasteiger partial charge >= 0.3 is 0 Å². The lowest BCUT2D eigenvalue weighted by atomic mass is 10.1. The largest absolute Gasteiger partial charge is 0.320 e. The fourth-order valence-electron chi connectivity index (χ4n) is 2.95. The minimum absolute atomic E-state index is 0.104. The highest BCUT2D eigenvalue weighted by atomic mass is 35.5. The van der Waals surface area contributed by atoms with Crippen molar-refractivity contribution >= 4 is 34.8 Å². The monoisotopic (exact) mass is 381 g/mol. The number of hydrogen-bond acceptors (Lipinski definition) is 1. The van der Waals surface area contributed by atoms with Gasteiger partial charge in [0.05, 0.1) is 16.8 Å². The van der Waals surface area contributed by atoms with Crippen molar-refractivity contribution in [1.29, 1.82) is 0 Å². The highest BCUT2D eigenvalue weighted by Gasteiger charge is 2.39. The lowest BCUT2D eigenvalue weighted by Crippen LogP contribution is -3.16. The number of carbonyl (C=O) groups is 1. The van der Waals surface area contributed by atoms with Crippen LogP contribution in [0.3, 0.4) is 0 Å². The molecule has 0 bridgehead atoms. The molecule has 1 amide bonds. The van der Waals surface area contributed by atoms with Gasteiger partial charge < -0.3 is 10.2 Å². The van der Waals surface area contributed by atoms with E-state index < -0.39 is 0 Å². The predicted octanol–water partition coefficient (Wildman–Crippen LogP) is 3.71. The van der Waals surface area contributed by atoms with E-state index in [1.807, 2.05) is 6.92 Å². The van der Waals surface area contributed by atoms with Crippen LogP contribution in [0, 0.1) is 5.82 Å². The number of halogens is 3. The van der Waals surface area contributed by atoms with Crippen LogP contribution in [0.2, 0.25) is 10.0 Å². The molecule has 1 fully saturated rings. The van der Waals surface area contributed by atoms with Crippen LogP contribution < -0.4 is 10.2 Å². The highest BCUT2D eigenvalue weighted by molar-refractivity contribution is 6.35. The van der Waals surface area contributed by atoms with Crippen LogP contribution in [0.25, 0.3) is 0 Å². The Bertz CT molecular complexity index is 763. The number of rotatable bonds is 6. The average molecular weight is 382 g/mol. The zero-order valence-electron chi connectivity index (χ0n) is 13.9. The quantitative estimate of drug-likeness (QED) is 0.785. The van der Waals surface area contributed by atoms with Gasteiger partial charge in [0.1, 0.15) is 12.4 Å². The summed E-state index contributed by atoms with van der Waals surface area (Å²) in [4.78, 5) is 13.9. The first-order valence-electron chi connectivity index (χ1n) is 8.30. The van der Waals surface area contributed by atoms with Gasteiger partial charge in [-0.2, -0.15) is 0 Å². The van der Waals surface area contributed by atoms with Gasteiger partial charge in [-0.1, -0.05) is 35.3 Å². The first-order chi connectivity index (χ1) is 11.9. The summed E-state index contributed by atoms with van der Waals surface area (Å²) < 4.78 is 13.1. The maximum absolute atomic E-state index is 13.1. The summed E-state index contributed by atoms with van der Waals surface area (Å²) in [5, 5.41) is 3.85. The molecule has 0 saturated heterocycles. The topological polar surface area (TPSA) is 33.5 Å². The molecule has 1 aliphatic carbocycles. The van der Waals surface area contributed by atoms with Gasteiger partial charge in [-0.25, -0.2) is 4.39 Å². The van der Waals surface area contributed by atoms with E-state index in [9.17, 15) is 9.18 Å². The molecule has 1 aliphatic rings. The molecule has 2 aromatic rings. The van der Waals surface area contributed by atoms with Gasteiger partial charge in [0.2, 0.25) is 0 Å². The Morgan fingerprint density at radius 3 is 2.56 bits per heavy atom. The Morgan fingerprint density at radius 2 is 1.92 bits per heavy atom. The number of anilines is 1. The summed E-state index contributed by atoms with van der Waals surface area (Å²) in [5.41, 5.74) is 1.53. The van der Waals surface area contributed by atoms with Crippen molar-refractivity contribution in [3.63, 3.8) is 0 Å². The second-order valence-electron chi connectivity index (χ2n) is 6.49. The molecule has 2 aromatic carbocycles. The van der Waals surface area contributed by atoms with E-state index in [1.54, 1.807) is 30.3 Å². The minimum atomic E-state index is -0.257. The van der Waals surface area contributed by atoms with Crippen molar-refractivity contribution in [2.24, 2.45) is 0 Å². The normalized spacial score (nSPS) is 16.3. The lowest BCUT2D eigenvalue weighted by Gasteiger charge is -2.25. The van der Waals surface area contributed by atoms with Crippen LogP contribution in [0.4, 0.5) is 10.1 Å². The van der Waals surface area contributed by atoms with Crippen molar-refractivity contribution in [3.05, 3.63) is 63.9 Å². The number of benzene rings is 2. The first-order valence-corrected chi connectivity index (χ1v) is 9.05. The molecule has 6 heteroatoms. The maximum Gasteiger partial charge on any atom is 0.282 e. The molecule has 0 radical (unpaired) electrons. The second kappa shape index (κ2) is 7.73. The van der Waals surface area contributed by atoms with Crippen LogP contribution in [0.1, 0.15) is 25.3 Å². The smallest absolute Gasteiger partial charge is 0.282 e. The van der Waals surface area contributed by atoms with Gasteiger partial charge in [0.25, 0.3) is 5.91 Å². The van der Waals surface area contributed by atoms with Crippen LogP contribution in [-0.4, -0.2) is 18.0 Å². The summed E-state index contributed by atoms with van der Waals surface area (Å²) in [7, 11) is 0. The number of carbonyl (C=O) groups excluding carboxylic acids is 1. The third-order valence-electron chi connectivity index (χ3n) is 4.56. The number of nitrogens with one attached hydrogen (secondary N) is 2. The van der Waals surface area contributed by atoms with E-state index in [4.69, 9.17) is 23.2 Å². The SMILES string of the molecule is C[C@@H](C(=O)Nc1cc(Cl)ccc1Cl)[NH+](Cc1ccc(F)cc1)C1CC1. The van der Waals surface area contributed by atoms with E-state index in [-0.39, 0.29) is 17.8 Å². The van der Waals surface area contributed by atoms with Crippen molar-refractivity contribution < 1.29 is 14.1 Å². The van der Waals surface area contributed by atoms with Crippen LogP contribution in [0.5, 0.6) is 0 Å². The third kappa shape index (κ3) is 4.72.